The van der Waals surface area contributed by atoms with Gasteiger partial charge in [-0.3, -0.25) is 37.3 Å². The van der Waals surface area contributed by atoms with Gasteiger partial charge in [-0.25, -0.2) is 9.13 Å². The summed E-state index contributed by atoms with van der Waals surface area (Å²) in [6, 6.07) is 0. The molecule has 0 aliphatic heterocycles. The molecular formula is C76H148O17P2. The van der Waals surface area contributed by atoms with Crippen LogP contribution in [0.15, 0.2) is 0 Å². The average molecular weight is 1400 g/mol. The molecule has 564 valence electrons. The van der Waals surface area contributed by atoms with Crippen LogP contribution in [0.5, 0.6) is 0 Å². The van der Waals surface area contributed by atoms with Crippen molar-refractivity contribution in [2.45, 2.75) is 401 Å². The Bertz CT molecular complexity index is 1870. The van der Waals surface area contributed by atoms with E-state index in [0.29, 0.717) is 25.7 Å². The Morgan fingerprint density at radius 2 is 0.505 bits per heavy atom. The summed E-state index contributed by atoms with van der Waals surface area (Å²) in [4.78, 5) is 72.8. The van der Waals surface area contributed by atoms with Crippen LogP contribution in [0.1, 0.15) is 383 Å². The molecule has 19 heteroatoms. The van der Waals surface area contributed by atoms with Crippen LogP contribution in [0.3, 0.4) is 0 Å². The van der Waals surface area contributed by atoms with E-state index in [1.54, 1.807) is 0 Å². The maximum atomic E-state index is 13.1. The van der Waals surface area contributed by atoms with E-state index >= 15 is 0 Å². The number of esters is 4. The molecule has 0 saturated carbocycles. The fraction of sp³-hybridized carbons (Fsp3) is 0.947. The van der Waals surface area contributed by atoms with Gasteiger partial charge < -0.3 is 33.8 Å². The second-order valence-electron chi connectivity index (χ2n) is 28.8. The van der Waals surface area contributed by atoms with Crippen molar-refractivity contribution in [2.24, 2.45) is 23.7 Å². The monoisotopic (exact) mass is 1400 g/mol. The molecular weight excluding hydrogens is 1250 g/mol. The maximum Gasteiger partial charge on any atom is 0.472 e. The molecule has 0 aromatic carbocycles. The van der Waals surface area contributed by atoms with E-state index in [1.165, 1.54) is 180 Å². The Morgan fingerprint density at radius 3 is 0.747 bits per heavy atom. The summed E-state index contributed by atoms with van der Waals surface area (Å²) in [5.74, 6) is 0.940. The number of ether oxygens (including phenoxy) is 4. The third-order valence-electron chi connectivity index (χ3n) is 18.3. The third-order valence-corrected chi connectivity index (χ3v) is 20.2. The van der Waals surface area contributed by atoms with E-state index in [1.807, 2.05) is 0 Å². The maximum absolute atomic E-state index is 13.1. The topological polar surface area (TPSA) is 237 Å². The Hall–Kier alpha value is -1.94. The van der Waals surface area contributed by atoms with Gasteiger partial charge >= 0.3 is 39.5 Å². The van der Waals surface area contributed by atoms with Crippen molar-refractivity contribution in [3.05, 3.63) is 0 Å². The molecule has 0 bridgehead atoms. The summed E-state index contributed by atoms with van der Waals surface area (Å²) >= 11 is 0. The SMILES string of the molecule is CCC(C)CCCCCCCCCCC(=O)O[C@H](COC(=O)CCCCCCCCCCCC(C)C)COP(=O)(O)OC[C@@H](O)COP(=O)(O)OC[C@@H](COC(=O)CCCCCCCCC(C)CC)OC(=O)CCCCCCCCCCCCCCCCCCCCC(C)C. The van der Waals surface area contributed by atoms with Crippen LogP contribution in [0, 0.1) is 23.7 Å². The first-order valence-corrected chi connectivity index (χ1v) is 42.3. The summed E-state index contributed by atoms with van der Waals surface area (Å²) < 4.78 is 68.5. The quantitative estimate of drug-likeness (QED) is 0.0222. The highest BCUT2D eigenvalue weighted by Crippen LogP contribution is 2.45. The van der Waals surface area contributed by atoms with Gasteiger partial charge in [-0.05, 0) is 49.4 Å². The largest absolute Gasteiger partial charge is 0.472 e. The van der Waals surface area contributed by atoms with Gasteiger partial charge in [-0.1, -0.05) is 331 Å². The third kappa shape index (κ3) is 67.6. The van der Waals surface area contributed by atoms with Crippen LogP contribution < -0.4 is 0 Å². The molecule has 0 radical (unpaired) electrons. The lowest BCUT2D eigenvalue weighted by Crippen LogP contribution is -2.30. The number of rotatable bonds is 73. The van der Waals surface area contributed by atoms with Crippen molar-refractivity contribution >= 4 is 39.5 Å². The van der Waals surface area contributed by atoms with Crippen molar-refractivity contribution in [3.8, 4) is 0 Å². The van der Waals surface area contributed by atoms with E-state index in [2.05, 4.69) is 55.4 Å². The predicted octanol–water partition coefficient (Wildman–Crippen LogP) is 22.0. The van der Waals surface area contributed by atoms with E-state index in [-0.39, 0.29) is 25.7 Å². The molecule has 3 N–H and O–H groups in total. The van der Waals surface area contributed by atoms with Gasteiger partial charge in [0, 0.05) is 25.7 Å². The average Bonchev–Trinajstić information content (AvgIpc) is 1.44. The zero-order valence-electron chi connectivity index (χ0n) is 62.3. The first kappa shape index (κ1) is 93.1. The van der Waals surface area contributed by atoms with Crippen LogP contribution in [0.25, 0.3) is 0 Å². The molecule has 0 heterocycles. The van der Waals surface area contributed by atoms with Crippen molar-refractivity contribution < 1.29 is 80.2 Å². The highest BCUT2D eigenvalue weighted by molar-refractivity contribution is 7.47. The minimum absolute atomic E-state index is 0.104. The number of hydrogen-bond acceptors (Lipinski definition) is 15. The van der Waals surface area contributed by atoms with Crippen molar-refractivity contribution in [3.63, 3.8) is 0 Å². The second-order valence-corrected chi connectivity index (χ2v) is 31.7. The van der Waals surface area contributed by atoms with Gasteiger partial charge in [-0.15, -0.1) is 0 Å². The molecule has 0 aliphatic carbocycles. The van der Waals surface area contributed by atoms with Crippen LogP contribution >= 0.6 is 15.6 Å². The molecule has 95 heavy (non-hydrogen) atoms. The minimum Gasteiger partial charge on any atom is -0.462 e. The number of aliphatic hydroxyl groups is 1. The summed E-state index contributed by atoms with van der Waals surface area (Å²) in [7, 11) is -9.91. The molecule has 0 aliphatic rings. The van der Waals surface area contributed by atoms with Crippen LogP contribution in [0.4, 0.5) is 0 Å². The second kappa shape index (κ2) is 65.4. The molecule has 4 unspecified atom stereocenters. The van der Waals surface area contributed by atoms with E-state index < -0.39 is 97.5 Å². The standard InChI is InChI=1S/C76H148O17P2/c1-9-68(7)54-46-38-30-26-27-33-43-51-59-76(81)93-71(62-86-73(78)56-48-40-31-25-21-23-29-37-45-53-67(5)6)64-90-94(82,83)88-60-70(77)61-89-95(84,85)91-65-72(63-87-74(79)57-49-41-35-34-39-47-55-69(8)10-2)92-75(80)58-50-42-32-24-20-18-16-14-12-11-13-15-17-19-22-28-36-44-52-66(3)4/h66-72,77H,9-65H2,1-8H3,(H,82,83)(H,84,85)/t68?,69?,70-,71-,72-/m1/s1. The molecule has 7 atom stereocenters. The minimum atomic E-state index is -4.96. The number of phosphoric acid groups is 2. The van der Waals surface area contributed by atoms with Crippen molar-refractivity contribution in [2.75, 3.05) is 39.6 Å². The van der Waals surface area contributed by atoms with Crippen molar-refractivity contribution in [1.82, 2.24) is 0 Å². The lowest BCUT2D eigenvalue weighted by molar-refractivity contribution is -0.161. The number of carbonyl (C=O) groups excluding carboxylic acids is 4. The molecule has 0 saturated heterocycles. The number of aliphatic hydroxyl groups excluding tert-OH is 1. The molecule has 0 aromatic rings. The van der Waals surface area contributed by atoms with Crippen LogP contribution in [0.2, 0.25) is 0 Å². The first-order chi connectivity index (χ1) is 45.7. The fourth-order valence-electron chi connectivity index (χ4n) is 11.5. The van der Waals surface area contributed by atoms with Crippen LogP contribution in [-0.4, -0.2) is 96.7 Å². The van der Waals surface area contributed by atoms with Gasteiger partial charge in [0.05, 0.1) is 26.4 Å². The Morgan fingerprint density at radius 1 is 0.295 bits per heavy atom. The highest BCUT2D eigenvalue weighted by atomic mass is 31.2. The van der Waals surface area contributed by atoms with E-state index in [4.69, 9.17) is 37.0 Å². The van der Waals surface area contributed by atoms with Gasteiger partial charge in [-0.2, -0.15) is 0 Å². The lowest BCUT2D eigenvalue weighted by atomic mass is 9.99. The summed E-state index contributed by atoms with van der Waals surface area (Å²) in [6.45, 7) is 14.2. The Labute approximate surface area is 581 Å². The molecule has 0 aromatic heterocycles. The zero-order valence-corrected chi connectivity index (χ0v) is 64.1. The van der Waals surface area contributed by atoms with Crippen LogP contribution in [-0.2, 0) is 65.4 Å². The molecule has 0 amide bonds. The fourth-order valence-corrected chi connectivity index (χ4v) is 13.1. The molecule has 0 rings (SSSR count). The number of carbonyl (C=O) groups is 4. The number of hydrogen-bond donors (Lipinski definition) is 3. The highest BCUT2D eigenvalue weighted by Gasteiger charge is 2.30. The molecule has 17 nitrogen and oxygen atoms in total. The summed E-state index contributed by atoms with van der Waals surface area (Å²) in [6.07, 6.45) is 50.1. The normalized spacial score (nSPS) is 14.7. The smallest absolute Gasteiger partial charge is 0.462 e. The van der Waals surface area contributed by atoms with Crippen molar-refractivity contribution in [1.29, 1.82) is 0 Å². The van der Waals surface area contributed by atoms with Gasteiger partial charge in [0.2, 0.25) is 0 Å². The number of phosphoric ester groups is 2. The molecule has 0 spiro atoms. The van der Waals surface area contributed by atoms with Gasteiger partial charge in [0.1, 0.15) is 19.3 Å². The lowest BCUT2D eigenvalue weighted by Gasteiger charge is -2.21. The number of unbranched alkanes of at least 4 members (excludes halogenated alkanes) is 37. The zero-order chi connectivity index (χ0) is 70.3. The predicted molar refractivity (Wildman–Crippen MR) is 386 cm³/mol. The molecule has 0 fully saturated rings. The first-order valence-electron chi connectivity index (χ1n) is 39.3. The van der Waals surface area contributed by atoms with E-state index in [0.717, 1.165) is 120 Å². The van der Waals surface area contributed by atoms with Gasteiger partial charge in [0.25, 0.3) is 0 Å². The Balaban J connectivity index is 5.19. The van der Waals surface area contributed by atoms with E-state index in [9.17, 15) is 43.2 Å². The summed E-state index contributed by atoms with van der Waals surface area (Å²) in [5, 5.41) is 10.6. The summed E-state index contributed by atoms with van der Waals surface area (Å²) in [5.41, 5.74) is 0. The Kier molecular flexibility index (Phi) is 64.0. The van der Waals surface area contributed by atoms with Gasteiger partial charge in [0.15, 0.2) is 12.2 Å².